The van der Waals surface area contributed by atoms with Gasteiger partial charge in [0.05, 0.1) is 0 Å². The van der Waals surface area contributed by atoms with E-state index in [4.69, 9.17) is 35.5 Å². The zero-order valence-electron chi connectivity index (χ0n) is 78.0. The molecule has 24 nitrogen and oxygen atoms in total. The van der Waals surface area contributed by atoms with Crippen molar-refractivity contribution < 1.29 is 59.4 Å². The summed E-state index contributed by atoms with van der Waals surface area (Å²) in [7, 11) is 0. The predicted octanol–water partition coefficient (Wildman–Crippen LogP) is 24.3. The molecule has 672 valence electrons. The second-order valence-electron chi connectivity index (χ2n) is 29.5. The summed E-state index contributed by atoms with van der Waals surface area (Å²) in [4.78, 5) is 36.5. The van der Waals surface area contributed by atoms with Gasteiger partial charge in [0, 0.05) is 105 Å². The van der Waals surface area contributed by atoms with E-state index < -0.39 is 0 Å². The van der Waals surface area contributed by atoms with Gasteiger partial charge in [0.1, 0.15) is 35.3 Å². The van der Waals surface area contributed by atoms with Crippen molar-refractivity contribution >= 4 is 17.5 Å². The Balaban J connectivity index is 0.000000334. The summed E-state index contributed by atoms with van der Waals surface area (Å²) >= 11 is 0. The standard InChI is InChI=1S/6C17H13N4.6CH3.3Os/c2*1-11-5-4-6-12(2)17(11)13-7-8-14(19-10-13)15-9-16(18-3)21-20-15;1-11-6-4-5-7-13(11)14-10-19-15(8-12(14)2)16-9-17(18-3)21-20-16;2*1-11-4-3-5-12(2)17(11)13-6-7-15(19-10-13)16-8-14(9-18)20-21-16;1-11-5-3-4-6-14(11)15-10-19-16(7-12(15)2)17-8-13(9-18)20-21-17;;;;;;;;;/h3*4-10H,1-2H3;3*3-8,10H,1-2H3;6*1H3;;;/q12*-1;3*+4. The summed E-state index contributed by atoms with van der Waals surface area (Å²) in [6.07, 6.45) is 11.1. The third kappa shape index (κ3) is 27.3. The molecular weight excluding hydrogens is 2200 g/mol. The first-order valence-corrected chi connectivity index (χ1v) is 39.7. The van der Waals surface area contributed by atoms with Gasteiger partial charge in [-0.05, 0) is 256 Å². The summed E-state index contributed by atoms with van der Waals surface area (Å²) in [5.74, 6) is 0.892. The average molecular weight is 2300 g/mol. The van der Waals surface area contributed by atoms with E-state index in [2.05, 4.69) is 286 Å². The van der Waals surface area contributed by atoms with Gasteiger partial charge in [-0.2, -0.15) is 15.8 Å². The van der Waals surface area contributed by atoms with Crippen LogP contribution in [0.2, 0.25) is 0 Å². The zero-order chi connectivity index (χ0) is 88.9. The van der Waals surface area contributed by atoms with Gasteiger partial charge in [0.25, 0.3) is 17.5 Å². The average Bonchev–Trinajstić information content (AvgIpc) is 1.70. The normalized spacial score (nSPS) is 9.64. The maximum absolute atomic E-state index is 8.80. The van der Waals surface area contributed by atoms with E-state index in [9.17, 15) is 0 Å². The number of nitriles is 3. The SMILES string of the molecule is Cc1cccc(C)c1-c1ccc(-c2cc(C#N)n[n-]2)nc1.Cc1cccc(C)c1-c1ccc(-c2cc(C#N)n[n-]2)nc1.Cc1ccccc1-c1cnc(-c2cc(C#N)n[n-]2)cc1C.[C-]#[N+]c1cc(-c2cc(C)c(-c3ccccc3C)cn2)[n-]n1.[C-]#[N+]c1cc(-c2ccc(-c3c(C)cccc3C)cn2)[n-]n1.[C-]#[N+]c1cc(-c2ccc(-c3c(C)cccc3C)cn2)[n-]n1.[CH3-].[CH3-].[CH3-].[CH3-].[CH3-].[CH3-].[Os+4].[Os+4].[Os+4]. The molecule has 27 heteroatoms. The summed E-state index contributed by atoms with van der Waals surface area (Å²) in [5, 5.41) is 72.9. The molecule has 18 rings (SSSR count). The van der Waals surface area contributed by atoms with Gasteiger partial charge in [-0.25, -0.2) is 15.3 Å². The largest absolute Gasteiger partial charge is 4.00 e. The van der Waals surface area contributed by atoms with Crippen molar-refractivity contribution in [1.82, 2.24) is 91.1 Å². The van der Waals surface area contributed by atoms with Gasteiger partial charge in [0.15, 0.2) is 0 Å². The van der Waals surface area contributed by atoms with Gasteiger partial charge in [-0.15, -0.1) is 0 Å². The first-order valence-electron chi connectivity index (χ1n) is 39.7. The first-order chi connectivity index (χ1) is 61.1. The molecule has 0 aliphatic rings. The molecule has 0 spiro atoms. The van der Waals surface area contributed by atoms with Crippen LogP contribution >= 0.6 is 0 Å². The Morgan fingerprint density at radius 1 is 0.230 bits per heavy atom. The minimum atomic E-state index is 0. The van der Waals surface area contributed by atoms with Crippen molar-refractivity contribution in [2.45, 2.75) is 83.1 Å². The van der Waals surface area contributed by atoms with Crippen molar-refractivity contribution in [3.05, 3.63) is 418 Å². The van der Waals surface area contributed by atoms with Gasteiger partial charge in [-0.1, -0.05) is 199 Å². The number of hydrogen-bond acceptors (Lipinski definition) is 15. The topological polar surface area (TPSA) is 324 Å². The van der Waals surface area contributed by atoms with Gasteiger partial charge >= 0.3 is 59.4 Å². The Morgan fingerprint density at radius 3 is 0.652 bits per heavy atom. The van der Waals surface area contributed by atoms with Crippen LogP contribution in [0.1, 0.15) is 83.8 Å². The van der Waals surface area contributed by atoms with Crippen LogP contribution in [0, 0.1) is 181 Å². The zero-order valence-corrected chi connectivity index (χ0v) is 85.7. The van der Waals surface area contributed by atoms with Crippen molar-refractivity contribution in [3.8, 4) is 153 Å². The molecule has 0 unspecified atom stereocenters. The quantitative estimate of drug-likeness (QED) is 0.103. The Labute approximate surface area is 831 Å². The molecule has 0 amide bonds. The molecule has 0 saturated carbocycles. The van der Waals surface area contributed by atoms with E-state index in [1.165, 1.54) is 89.0 Å². The molecular formula is C108H96N24Os3. The van der Waals surface area contributed by atoms with Crippen LogP contribution in [0.3, 0.4) is 0 Å². The Kier molecular flexibility index (Phi) is 43.3. The van der Waals surface area contributed by atoms with Gasteiger partial charge in [-0.3, -0.25) is 29.9 Å². The Hall–Kier alpha value is -15.7. The van der Waals surface area contributed by atoms with Crippen LogP contribution in [0.5, 0.6) is 0 Å². The molecule has 0 aliphatic heterocycles. The van der Waals surface area contributed by atoms with Gasteiger partial charge in [0.2, 0.25) is 0 Å². The number of nitrogens with zero attached hydrogens (tertiary/aromatic N) is 24. The van der Waals surface area contributed by atoms with E-state index in [0.717, 1.165) is 78.7 Å². The van der Waals surface area contributed by atoms with Crippen LogP contribution in [0.4, 0.5) is 17.5 Å². The van der Waals surface area contributed by atoms with E-state index in [1.54, 1.807) is 36.4 Å². The predicted molar refractivity (Wildman–Crippen MR) is 526 cm³/mol. The summed E-state index contributed by atoms with van der Waals surface area (Å²) < 4.78 is 0. The molecule has 0 atom stereocenters. The molecule has 0 bridgehead atoms. The molecule has 6 aromatic carbocycles. The third-order valence-electron chi connectivity index (χ3n) is 20.7. The fraction of sp³-hybridized carbons (Fsp3) is 0.111. The van der Waals surface area contributed by atoms with E-state index in [1.807, 2.05) is 140 Å². The fourth-order valence-electron chi connectivity index (χ4n) is 14.4. The van der Waals surface area contributed by atoms with Crippen molar-refractivity contribution in [1.29, 1.82) is 15.8 Å². The third-order valence-corrected chi connectivity index (χ3v) is 20.7. The number of aromatic nitrogens is 18. The van der Waals surface area contributed by atoms with Crippen molar-refractivity contribution in [2.24, 2.45) is 0 Å². The molecule has 0 radical (unpaired) electrons. The van der Waals surface area contributed by atoms with Crippen LogP contribution in [-0.2, 0) is 59.4 Å². The molecule has 0 fully saturated rings. The second kappa shape index (κ2) is 52.4. The van der Waals surface area contributed by atoms with E-state index in [-0.39, 0.29) is 104 Å². The summed E-state index contributed by atoms with van der Waals surface area (Å²) in [5.41, 5.74) is 37.4. The molecule has 12 heterocycles. The van der Waals surface area contributed by atoms with Crippen LogP contribution in [0.15, 0.2) is 256 Å². The number of pyridine rings is 6. The van der Waals surface area contributed by atoms with Crippen molar-refractivity contribution in [2.75, 3.05) is 0 Å². The fourth-order valence-corrected chi connectivity index (χ4v) is 14.4. The molecule has 18 aromatic rings. The van der Waals surface area contributed by atoms with Gasteiger partial charge < -0.3 is 105 Å². The minimum Gasteiger partial charge on any atom is -0.573 e. The maximum atomic E-state index is 8.80. The summed E-state index contributed by atoms with van der Waals surface area (Å²) in [6, 6.07) is 77.0. The summed E-state index contributed by atoms with van der Waals surface area (Å²) in [6.45, 7) is 45.8. The van der Waals surface area contributed by atoms with Crippen molar-refractivity contribution in [3.63, 3.8) is 0 Å². The molecule has 0 N–H and O–H groups in total. The molecule has 0 aliphatic carbocycles. The Morgan fingerprint density at radius 2 is 0.444 bits per heavy atom. The van der Waals surface area contributed by atoms with E-state index >= 15 is 0 Å². The maximum Gasteiger partial charge on any atom is 4.00 e. The number of aryl methyl sites for hydroxylation is 12. The number of benzene rings is 6. The first kappa shape index (κ1) is 112. The second-order valence-corrected chi connectivity index (χ2v) is 29.5. The van der Waals surface area contributed by atoms with Crippen LogP contribution in [-0.4, -0.2) is 60.5 Å². The minimum absolute atomic E-state index is 0. The van der Waals surface area contributed by atoms with Crippen LogP contribution < -0.4 is 30.6 Å². The van der Waals surface area contributed by atoms with Crippen LogP contribution in [0.25, 0.3) is 150 Å². The number of hydrogen-bond donors (Lipinski definition) is 0. The Bertz CT molecular complexity index is 6420. The molecule has 12 aromatic heterocycles. The van der Waals surface area contributed by atoms with E-state index in [0.29, 0.717) is 68.7 Å². The monoisotopic (exact) mass is 2300 g/mol. The molecule has 135 heavy (non-hydrogen) atoms. The molecule has 0 saturated heterocycles. The number of rotatable bonds is 12. The smallest absolute Gasteiger partial charge is 0.573 e.